The van der Waals surface area contributed by atoms with Gasteiger partial charge in [0, 0.05) is 13.5 Å². The van der Waals surface area contributed by atoms with Crippen molar-refractivity contribution in [2.75, 3.05) is 18.1 Å². The first-order chi connectivity index (χ1) is 11.1. The Labute approximate surface area is 130 Å². The normalized spacial score (nSPS) is 17.2. The third kappa shape index (κ3) is 2.98. The first-order valence-corrected chi connectivity index (χ1v) is 6.93. The average Bonchev–Trinajstić information content (AvgIpc) is 3.14. The van der Waals surface area contributed by atoms with Crippen LogP contribution >= 0.6 is 0 Å². The fourth-order valence-corrected chi connectivity index (χ4v) is 2.36. The Kier molecular flexibility index (Phi) is 3.92. The minimum atomic E-state index is -0.576. The monoisotopic (exact) mass is 319 g/mol. The third-order valence-corrected chi connectivity index (χ3v) is 3.43. The average molecular weight is 319 g/mol. The number of nitrogens with zero attached hydrogens (tertiary/aromatic N) is 4. The van der Waals surface area contributed by atoms with Crippen molar-refractivity contribution in [3.05, 3.63) is 36.4 Å². The van der Waals surface area contributed by atoms with Gasteiger partial charge in [0.25, 0.3) is 0 Å². The number of anilines is 1. The summed E-state index contributed by atoms with van der Waals surface area (Å²) in [4.78, 5) is 24.2. The highest BCUT2D eigenvalue weighted by Gasteiger charge is 2.34. The van der Waals surface area contributed by atoms with E-state index in [2.05, 4.69) is 15.6 Å². The van der Waals surface area contributed by atoms with Gasteiger partial charge in [-0.1, -0.05) is 5.21 Å². The number of halogens is 1. The van der Waals surface area contributed by atoms with E-state index in [9.17, 15) is 14.0 Å². The smallest absolute Gasteiger partial charge is 0.414 e. The molecule has 2 heterocycles. The van der Waals surface area contributed by atoms with E-state index in [1.807, 2.05) is 0 Å². The van der Waals surface area contributed by atoms with Crippen molar-refractivity contribution in [2.45, 2.75) is 13.0 Å². The van der Waals surface area contributed by atoms with Crippen molar-refractivity contribution in [1.29, 1.82) is 0 Å². The number of aromatic nitrogens is 3. The lowest BCUT2D eigenvalue weighted by Gasteiger charge is -2.22. The number of hydrogen-bond donors (Lipinski definition) is 1. The molecule has 23 heavy (non-hydrogen) atoms. The quantitative estimate of drug-likeness (QED) is 0.903. The number of carbonyl (C=O) groups is 2. The molecule has 1 aromatic carbocycles. The number of ether oxygens (including phenoxy) is 1. The molecule has 0 aliphatic carbocycles. The molecule has 1 aliphatic rings. The molecule has 1 aliphatic heterocycles. The van der Waals surface area contributed by atoms with E-state index < -0.39 is 11.9 Å². The van der Waals surface area contributed by atoms with Crippen LogP contribution in [-0.2, 0) is 9.53 Å². The van der Waals surface area contributed by atoms with Gasteiger partial charge < -0.3 is 10.1 Å². The molecule has 1 aromatic heterocycles. The molecule has 0 saturated carbocycles. The zero-order valence-electron chi connectivity index (χ0n) is 12.3. The molecule has 2 amide bonds. The summed E-state index contributed by atoms with van der Waals surface area (Å²) in [5.41, 5.74) is 0.571. The van der Waals surface area contributed by atoms with Crippen molar-refractivity contribution in [3.63, 3.8) is 0 Å². The van der Waals surface area contributed by atoms with Crippen LogP contribution in [0, 0.1) is 5.82 Å². The van der Waals surface area contributed by atoms with Gasteiger partial charge in [0.1, 0.15) is 12.3 Å². The molecule has 8 nitrogen and oxygen atoms in total. The maximum absolute atomic E-state index is 14.3. The summed E-state index contributed by atoms with van der Waals surface area (Å²) in [6, 6.07) is 3.93. The van der Waals surface area contributed by atoms with E-state index >= 15 is 0 Å². The number of nitrogens with one attached hydrogen (secondary N) is 1. The molecule has 1 atom stereocenters. The summed E-state index contributed by atoms with van der Waals surface area (Å²) in [5.74, 6) is -0.761. The van der Waals surface area contributed by atoms with Crippen LogP contribution in [0.3, 0.4) is 0 Å². The molecule has 2 aromatic rings. The van der Waals surface area contributed by atoms with Crippen molar-refractivity contribution >= 4 is 17.7 Å². The summed E-state index contributed by atoms with van der Waals surface area (Å²) in [6.07, 6.45) is 2.38. The largest absolute Gasteiger partial charge is 0.447 e. The Morgan fingerprint density at radius 3 is 3.00 bits per heavy atom. The van der Waals surface area contributed by atoms with Gasteiger partial charge in [-0.25, -0.2) is 13.9 Å². The summed E-state index contributed by atoms with van der Waals surface area (Å²) in [5, 5.41) is 9.98. The van der Waals surface area contributed by atoms with Crippen molar-refractivity contribution in [3.8, 4) is 5.69 Å². The highest BCUT2D eigenvalue weighted by molar-refractivity contribution is 5.90. The van der Waals surface area contributed by atoms with Crippen molar-refractivity contribution in [2.24, 2.45) is 0 Å². The predicted octanol–water partition coefficient (Wildman–Crippen LogP) is 0.868. The Morgan fingerprint density at radius 1 is 1.52 bits per heavy atom. The maximum atomic E-state index is 14.3. The van der Waals surface area contributed by atoms with Gasteiger partial charge in [-0.2, -0.15) is 0 Å². The molecule has 0 spiro atoms. The zero-order chi connectivity index (χ0) is 16.4. The van der Waals surface area contributed by atoms with Crippen molar-refractivity contribution in [1.82, 2.24) is 20.3 Å². The van der Waals surface area contributed by atoms with Gasteiger partial charge in [-0.05, 0) is 18.2 Å². The lowest BCUT2D eigenvalue weighted by atomic mass is 10.2. The van der Waals surface area contributed by atoms with Gasteiger partial charge in [-0.3, -0.25) is 9.69 Å². The Bertz CT molecular complexity index is 734. The van der Waals surface area contributed by atoms with E-state index in [1.165, 1.54) is 41.0 Å². The van der Waals surface area contributed by atoms with Crippen LogP contribution in [0.15, 0.2) is 30.6 Å². The van der Waals surface area contributed by atoms with Gasteiger partial charge >= 0.3 is 6.09 Å². The summed E-state index contributed by atoms with van der Waals surface area (Å²) in [6.45, 7) is 1.74. The molecule has 0 radical (unpaired) electrons. The number of hydrogen-bond acceptors (Lipinski definition) is 5. The number of carbonyl (C=O) groups excluding carboxylic acids is 2. The van der Waals surface area contributed by atoms with Gasteiger partial charge in [0.2, 0.25) is 5.91 Å². The van der Waals surface area contributed by atoms with Crippen LogP contribution in [0.1, 0.15) is 6.92 Å². The van der Waals surface area contributed by atoms with E-state index in [0.717, 1.165) is 0 Å². The maximum Gasteiger partial charge on any atom is 0.414 e. The highest BCUT2D eigenvalue weighted by atomic mass is 19.1. The lowest BCUT2D eigenvalue weighted by molar-refractivity contribution is -0.119. The second-order valence-corrected chi connectivity index (χ2v) is 5.02. The van der Waals surface area contributed by atoms with Crippen LogP contribution in [0.5, 0.6) is 0 Å². The third-order valence-electron chi connectivity index (χ3n) is 3.43. The number of amides is 2. The van der Waals surface area contributed by atoms with E-state index in [0.29, 0.717) is 5.69 Å². The first kappa shape index (κ1) is 14.9. The second-order valence-electron chi connectivity index (χ2n) is 5.02. The Balaban J connectivity index is 1.86. The van der Waals surface area contributed by atoms with Gasteiger partial charge in [0.15, 0.2) is 5.82 Å². The second kappa shape index (κ2) is 6.03. The molecular weight excluding hydrogens is 305 g/mol. The fourth-order valence-electron chi connectivity index (χ4n) is 2.36. The molecule has 0 unspecified atom stereocenters. The number of benzene rings is 1. The minimum absolute atomic E-state index is 0.131. The minimum Gasteiger partial charge on any atom is -0.447 e. The van der Waals surface area contributed by atoms with Crippen LogP contribution < -0.4 is 10.2 Å². The SMILES string of the molecule is CC(=O)NC[C@H]1COC(=O)N1c1ccc(-n2ccnn2)c(F)c1. The molecule has 3 rings (SSSR count). The lowest BCUT2D eigenvalue weighted by Crippen LogP contribution is -2.42. The molecular formula is C14H14FN5O3. The van der Waals surface area contributed by atoms with E-state index in [4.69, 9.17) is 4.74 Å². The Morgan fingerprint density at radius 2 is 2.35 bits per heavy atom. The highest BCUT2D eigenvalue weighted by Crippen LogP contribution is 2.26. The molecule has 1 fully saturated rings. The topological polar surface area (TPSA) is 89.4 Å². The fraction of sp³-hybridized carbons (Fsp3) is 0.286. The zero-order valence-corrected chi connectivity index (χ0v) is 12.3. The first-order valence-electron chi connectivity index (χ1n) is 6.93. The summed E-state index contributed by atoms with van der Waals surface area (Å²) < 4.78 is 20.6. The molecule has 1 saturated heterocycles. The van der Waals surface area contributed by atoms with E-state index in [1.54, 1.807) is 6.07 Å². The number of rotatable bonds is 4. The van der Waals surface area contributed by atoms with Crippen LogP contribution in [-0.4, -0.2) is 46.2 Å². The van der Waals surface area contributed by atoms with Crippen molar-refractivity contribution < 1.29 is 18.7 Å². The van der Waals surface area contributed by atoms with Crippen LogP contribution in [0.25, 0.3) is 5.69 Å². The standard InChI is InChI=1S/C14H14FN5O3/c1-9(21)16-7-11-8-23-14(22)20(11)10-2-3-13(12(15)6-10)19-5-4-17-18-19/h2-6,11H,7-8H2,1H3,(H,16,21)/t11-/m0/s1. The van der Waals surface area contributed by atoms with Crippen LogP contribution in [0.4, 0.5) is 14.9 Å². The van der Waals surface area contributed by atoms with Gasteiger partial charge in [0.05, 0.1) is 24.1 Å². The molecule has 120 valence electrons. The van der Waals surface area contributed by atoms with Crippen LogP contribution in [0.2, 0.25) is 0 Å². The Hall–Kier alpha value is -2.97. The van der Waals surface area contributed by atoms with Gasteiger partial charge in [-0.15, -0.1) is 5.10 Å². The van der Waals surface area contributed by atoms with E-state index in [-0.39, 0.29) is 30.8 Å². The molecule has 0 bridgehead atoms. The summed E-state index contributed by atoms with van der Waals surface area (Å²) >= 11 is 0. The molecule has 1 N–H and O–H groups in total. The number of cyclic esters (lactones) is 1. The predicted molar refractivity (Wildman–Crippen MR) is 77.6 cm³/mol. The summed E-state index contributed by atoms with van der Waals surface area (Å²) in [7, 11) is 0. The molecule has 9 heteroatoms.